The van der Waals surface area contributed by atoms with Crippen molar-refractivity contribution in [3.63, 3.8) is 0 Å². The first-order valence-electron chi connectivity index (χ1n) is 2.63. The smallest absolute Gasteiger partial charge is 0.0578 e. The predicted octanol–water partition coefficient (Wildman–Crippen LogP) is 0.891. The second-order valence-corrected chi connectivity index (χ2v) is 1.84. The lowest BCUT2D eigenvalue weighted by molar-refractivity contribution is 0.163. The monoisotopic (exact) mass is 97.1 g/mol. The minimum Gasteiger partial charge on any atom is -0.393 e. The van der Waals surface area contributed by atoms with Crippen LogP contribution in [0.15, 0.2) is 6.08 Å². The molecule has 1 heteroatoms. The minimum atomic E-state index is -0.0822. The van der Waals surface area contributed by atoms with Crippen molar-refractivity contribution in [2.24, 2.45) is 0 Å². The van der Waals surface area contributed by atoms with Crippen molar-refractivity contribution in [2.75, 3.05) is 0 Å². The van der Waals surface area contributed by atoms with Gasteiger partial charge in [0.1, 0.15) is 0 Å². The van der Waals surface area contributed by atoms with E-state index in [1.807, 2.05) is 6.08 Å². The van der Waals surface area contributed by atoms with Crippen LogP contribution in [0.1, 0.15) is 19.3 Å². The molecule has 1 atom stereocenters. The third-order valence-electron chi connectivity index (χ3n) is 1.16. The Kier molecular flexibility index (Phi) is 1.47. The van der Waals surface area contributed by atoms with Gasteiger partial charge in [-0.25, -0.2) is 0 Å². The first kappa shape index (κ1) is 4.85. The Hall–Kier alpha value is -0.300. The largest absolute Gasteiger partial charge is 0.393 e. The molecule has 1 rings (SSSR count). The molecule has 0 spiro atoms. The minimum absolute atomic E-state index is 0.0822. The summed E-state index contributed by atoms with van der Waals surface area (Å²) < 4.78 is 0. The molecule has 1 unspecified atom stereocenters. The van der Waals surface area contributed by atoms with Crippen molar-refractivity contribution in [3.8, 4) is 0 Å². The lowest BCUT2D eigenvalue weighted by atomic mass is 10.1. The second-order valence-electron chi connectivity index (χ2n) is 1.84. The van der Waals surface area contributed by atoms with Gasteiger partial charge in [-0.1, -0.05) is 6.08 Å². The highest BCUT2D eigenvalue weighted by Gasteiger charge is 2.02. The van der Waals surface area contributed by atoms with Gasteiger partial charge in [0.15, 0.2) is 0 Å². The van der Waals surface area contributed by atoms with Gasteiger partial charge in [0.25, 0.3) is 0 Å². The third kappa shape index (κ3) is 1.32. The number of rotatable bonds is 0. The number of aliphatic hydroxyl groups excluding tert-OH is 1. The van der Waals surface area contributed by atoms with Crippen molar-refractivity contribution in [2.45, 2.75) is 25.4 Å². The molecule has 1 aliphatic carbocycles. The fraction of sp³-hybridized carbons (Fsp3) is 0.667. The number of hydrogen-bond donors (Lipinski definition) is 1. The van der Waals surface area contributed by atoms with Crippen molar-refractivity contribution in [3.05, 3.63) is 12.2 Å². The highest BCUT2D eigenvalue weighted by molar-refractivity contribution is 4.83. The predicted molar refractivity (Wildman–Crippen MR) is 27.7 cm³/mol. The van der Waals surface area contributed by atoms with Gasteiger partial charge in [0.2, 0.25) is 0 Å². The Balaban J connectivity index is 2.32. The Bertz CT molecular complexity index is 76.2. The molecule has 1 radical (unpaired) electrons. The van der Waals surface area contributed by atoms with E-state index in [1.54, 1.807) is 0 Å². The van der Waals surface area contributed by atoms with E-state index in [9.17, 15) is 0 Å². The van der Waals surface area contributed by atoms with Gasteiger partial charge in [0, 0.05) is 0 Å². The van der Waals surface area contributed by atoms with Crippen molar-refractivity contribution < 1.29 is 5.11 Å². The van der Waals surface area contributed by atoms with Gasteiger partial charge in [0.05, 0.1) is 6.10 Å². The Morgan fingerprint density at radius 1 is 1.71 bits per heavy atom. The lowest BCUT2D eigenvalue weighted by Gasteiger charge is -2.08. The summed E-state index contributed by atoms with van der Waals surface area (Å²) in [5.41, 5.74) is 0. The first-order valence-corrected chi connectivity index (χ1v) is 2.63. The van der Waals surface area contributed by atoms with E-state index in [2.05, 4.69) is 6.08 Å². The quantitative estimate of drug-likeness (QED) is 0.476. The Morgan fingerprint density at radius 3 is 2.86 bits per heavy atom. The molecule has 0 aromatic carbocycles. The molecule has 0 saturated carbocycles. The summed E-state index contributed by atoms with van der Waals surface area (Å²) in [5, 5.41) is 8.84. The fourth-order valence-corrected chi connectivity index (χ4v) is 0.689. The number of hydrogen-bond acceptors (Lipinski definition) is 1. The zero-order valence-electron chi connectivity index (χ0n) is 4.22. The molecule has 0 aromatic heterocycles. The van der Waals surface area contributed by atoms with Crippen molar-refractivity contribution in [1.29, 1.82) is 0 Å². The van der Waals surface area contributed by atoms with Crippen LogP contribution in [0.4, 0.5) is 0 Å². The van der Waals surface area contributed by atoms with Crippen LogP contribution < -0.4 is 0 Å². The molecule has 39 valence electrons. The van der Waals surface area contributed by atoms with Crippen LogP contribution in [-0.4, -0.2) is 11.2 Å². The van der Waals surface area contributed by atoms with Crippen molar-refractivity contribution >= 4 is 0 Å². The van der Waals surface area contributed by atoms with Crippen LogP contribution in [0.25, 0.3) is 0 Å². The summed E-state index contributed by atoms with van der Waals surface area (Å²) in [6, 6.07) is 0. The zero-order valence-corrected chi connectivity index (χ0v) is 4.22. The van der Waals surface area contributed by atoms with Crippen LogP contribution in [0.3, 0.4) is 0 Å². The van der Waals surface area contributed by atoms with Gasteiger partial charge >= 0.3 is 0 Å². The molecule has 1 aliphatic rings. The van der Waals surface area contributed by atoms with Crippen molar-refractivity contribution in [1.82, 2.24) is 0 Å². The first-order chi connectivity index (χ1) is 3.39. The molecule has 1 N–H and O–H groups in total. The Morgan fingerprint density at radius 2 is 2.57 bits per heavy atom. The number of aliphatic hydroxyl groups is 1. The molecule has 1 nitrogen and oxygen atoms in total. The summed E-state index contributed by atoms with van der Waals surface area (Å²) in [4.78, 5) is 0. The maximum Gasteiger partial charge on any atom is 0.0578 e. The summed E-state index contributed by atoms with van der Waals surface area (Å²) in [7, 11) is 0. The lowest BCUT2D eigenvalue weighted by Crippen LogP contribution is -2.06. The number of allylic oxidation sites excluding steroid dienone is 1. The third-order valence-corrected chi connectivity index (χ3v) is 1.16. The molecular formula is C6H9O. The maximum absolute atomic E-state index is 8.84. The van der Waals surface area contributed by atoms with Gasteiger partial charge in [-0.15, -0.1) is 0 Å². The highest BCUT2D eigenvalue weighted by atomic mass is 16.3. The van der Waals surface area contributed by atoms with Gasteiger partial charge < -0.3 is 5.11 Å². The average molecular weight is 97.1 g/mol. The molecule has 0 fully saturated rings. The van der Waals surface area contributed by atoms with E-state index in [0.717, 1.165) is 19.3 Å². The summed E-state index contributed by atoms with van der Waals surface area (Å²) in [5.74, 6) is 0. The topological polar surface area (TPSA) is 20.2 Å². The van der Waals surface area contributed by atoms with Crippen LogP contribution in [0.2, 0.25) is 0 Å². The van der Waals surface area contributed by atoms with E-state index < -0.39 is 0 Å². The van der Waals surface area contributed by atoms with Crippen LogP contribution in [-0.2, 0) is 0 Å². The molecule has 7 heavy (non-hydrogen) atoms. The van der Waals surface area contributed by atoms with E-state index in [4.69, 9.17) is 5.11 Å². The van der Waals surface area contributed by atoms with Crippen LogP contribution in [0, 0.1) is 6.08 Å². The van der Waals surface area contributed by atoms with E-state index >= 15 is 0 Å². The molecular weight excluding hydrogens is 88.1 g/mol. The summed E-state index contributed by atoms with van der Waals surface area (Å²) in [6.07, 6.45) is 7.50. The molecule has 0 aromatic rings. The van der Waals surface area contributed by atoms with E-state index in [-0.39, 0.29) is 6.10 Å². The zero-order chi connectivity index (χ0) is 5.11. The second kappa shape index (κ2) is 2.12. The SMILES string of the molecule is OC1CC=[C]CC1. The van der Waals surface area contributed by atoms with Gasteiger partial charge in [-0.3, -0.25) is 0 Å². The Labute approximate surface area is 43.7 Å². The molecule has 0 saturated heterocycles. The average Bonchev–Trinajstić information content (AvgIpc) is 1.69. The maximum atomic E-state index is 8.84. The van der Waals surface area contributed by atoms with Crippen LogP contribution in [0.5, 0.6) is 0 Å². The van der Waals surface area contributed by atoms with Crippen LogP contribution >= 0.6 is 0 Å². The van der Waals surface area contributed by atoms with Gasteiger partial charge in [-0.05, 0) is 25.3 Å². The molecule has 0 bridgehead atoms. The fourth-order valence-electron chi connectivity index (χ4n) is 0.689. The summed E-state index contributed by atoms with van der Waals surface area (Å²) in [6.45, 7) is 0. The van der Waals surface area contributed by atoms with Gasteiger partial charge in [-0.2, -0.15) is 0 Å². The molecule has 0 heterocycles. The van der Waals surface area contributed by atoms with E-state index in [1.165, 1.54) is 0 Å². The highest BCUT2D eigenvalue weighted by Crippen LogP contribution is 2.08. The summed E-state index contributed by atoms with van der Waals surface area (Å²) >= 11 is 0. The molecule has 0 amide bonds. The normalized spacial score (nSPS) is 30.7. The van der Waals surface area contributed by atoms with E-state index in [0.29, 0.717) is 0 Å². The standard InChI is InChI=1S/C6H9O/c7-6-4-2-1-3-5-6/h2,6-7H,3-5H2. The molecule has 0 aliphatic heterocycles.